The molecule has 21 heavy (non-hydrogen) atoms. The van der Waals surface area contributed by atoms with E-state index in [0.29, 0.717) is 29.3 Å². The molecule has 112 valence electrons. The van der Waals surface area contributed by atoms with Crippen molar-refractivity contribution in [2.45, 2.75) is 33.1 Å². The van der Waals surface area contributed by atoms with Crippen molar-refractivity contribution in [1.82, 2.24) is 4.90 Å². The molecule has 2 radical (unpaired) electrons. The van der Waals surface area contributed by atoms with E-state index in [1.807, 2.05) is 32.8 Å². The van der Waals surface area contributed by atoms with Crippen molar-refractivity contribution >= 4 is 19.1 Å². The maximum absolute atomic E-state index is 12.1. The molecule has 1 N–H and O–H groups in total. The highest BCUT2D eigenvalue weighted by molar-refractivity contribution is 6.35. The Morgan fingerprint density at radius 3 is 2.67 bits per heavy atom. The van der Waals surface area contributed by atoms with Gasteiger partial charge in [-0.25, -0.2) is 0 Å². The largest absolute Gasteiger partial charge is 0.508 e. The summed E-state index contributed by atoms with van der Waals surface area (Å²) in [6.07, 6.45) is 3.36. The number of phenols is 1. The minimum Gasteiger partial charge on any atom is -0.508 e. The summed E-state index contributed by atoms with van der Waals surface area (Å²) in [5.41, 5.74) is 1.91. The van der Waals surface area contributed by atoms with Gasteiger partial charge in [-0.2, -0.15) is 0 Å². The van der Waals surface area contributed by atoms with E-state index in [4.69, 9.17) is 9.22 Å². The fourth-order valence-corrected chi connectivity index (χ4v) is 2.11. The van der Waals surface area contributed by atoms with E-state index in [2.05, 4.69) is 0 Å². The number of allylic oxidation sites excluding steroid dienone is 1. The SMILES string of the molecule is [2H]c1c(C)c([B])c(O)c(CC(=O)/C=C/CN(C)C)c1C(C)C. The van der Waals surface area contributed by atoms with Gasteiger partial charge in [0.2, 0.25) is 0 Å². The standard InChI is InChI=1S/C17H24BNO2/c1-11(2)14-9-12(3)16(18)17(21)15(14)10-13(20)7-6-8-19(4)5/h6-7,9,11,21H,8,10H2,1-5H3/b7-6+/i9D. The van der Waals surface area contributed by atoms with Crippen LogP contribution in [0.2, 0.25) is 0 Å². The molecule has 0 spiro atoms. The van der Waals surface area contributed by atoms with E-state index < -0.39 is 0 Å². The lowest BCUT2D eigenvalue weighted by Crippen LogP contribution is -2.15. The normalized spacial score (nSPS) is 12.4. The summed E-state index contributed by atoms with van der Waals surface area (Å²) in [7, 11) is 9.70. The van der Waals surface area contributed by atoms with Crippen molar-refractivity contribution in [3.8, 4) is 5.75 Å². The van der Waals surface area contributed by atoms with Crippen LogP contribution in [0.25, 0.3) is 0 Å². The fraction of sp³-hybridized carbons (Fsp3) is 0.471. The second-order valence-electron chi connectivity index (χ2n) is 5.87. The summed E-state index contributed by atoms with van der Waals surface area (Å²) in [6, 6.07) is 0.311. The van der Waals surface area contributed by atoms with E-state index >= 15 is 0 Å². The molecule has 4 heteroatoms. The van der Waals surface area contributed by atoms with Crippen LogP contribution in [-0.2, 0) is 11.2 Å². The Labute approximate surface area is 130 Å². The van der Waals surface area contributed by atoms with Gasteiger partial charge in [0.25, 0.3) is 0 Å². The molecule has 0 unspecified atom stereocenters. The third-order valence-electron chi connectivity index (χ3n) is 3.29. The number of likely N-dealkylation sites (N-methyl/N-ethyl adjacent to an activating group) is 1. The van der Waals surface area contributed by atoms with Crippen LogP contribution in [0.4, 0.5) is 0 Å². The Morgan fingerprint density at radius 1 is 1.52 bits per heavy atom. The molecule has 1 rings (SSSR count). The quantitative estimate of drug-likeness (QED) is 0.641. The van der Waals surface area contributed by atoms with Crippen molar-refractivity contribution in [2.75, 3.05) is 20.6 Å². The molecule has 0 saturated carbocycles. The zero-order valence-electron chi connectivity index (χ0n) is 14.5. The molecule has 1 aromatic carbocycles. The Hall–Kier alpha value is -1.55. The maximum atomic E-state index is 12.1. The van der Waals surface area contributed by atoms with E-state index in [1.165, 1.54) is 6.08 Å². The molecular weight excluding hydrogens is 261 g/mol. The number of aromatic hydroxyl groups is 1. The second kappa shape index (κ2) is 7.46. The number of rotatable bonds is 6. The molecule has 0 fully saturated rings. The minimum atomic E-state index is -0.110. The zero-order valence-corrected chi connectivity index (χ0v) is 13.5. The van der Waals surface area contributed by atoms with Gasteiger partial charge in [-0.15, -0.1) is 0 Å². The molecular formula is C17H24BNO2. The number of phenolic OH excluding ortho intramolecular Hbond substituents is 1. The van der Waals surface area contributed by atoms with Crippen LogP contribution in [0, 0.1) is 6.92 Å². The average Bonchev–Trinajstić information content (AvgIpc) is 2.41. The third-order valence-corrected chi connectivity index (χ3v) is 3.29. The number of hydrogen-bond donors (Lipinski definition) is 1. The predicted octanol–water partition coefficient (Wildman–Crippen LogP) is 1.85. The van der Waals surface area contributed by atoms with Crippen molar-refractivity contribution in [3.05, 3.63) is 34.9 Å². The third kappa shape index (κ3) is 4.74. The fourth-order valence-electron chi connectivity index (χ4n) is 2.11. The highest BCUT2D eigenvalue weighted by Gasteiger charge is 2.16. The molecule has 1 aromatic rings. The minimum absolute atomic E-state index is 0.0336. The van der Waals surface area contributed by atoms with E-state index in [0.717, 1.165) is 0 Å². The number of carbonyl (C=O) groups excluding carboxylic acids is 1. The molecule has 3 nitrogen and oxygen atoms in total. The van der Waals surface area contributed by atoms with Gasteiger partial charge in [0, 0.05) is 18.5 Å². The Balaban J connectivity index is 3.18. The predicted molar refractivity (Wildman–Crippen MR) is 88.7 cm³/mol. The van der Waals surface area contributed by atoms with Crippen molar-refractivity contribution in [3.63, 3.8) is 0 Å². The van der Waals surface area contributed by atoms with Gasteiger partial charge in [0.1, 0.15) is 13.6 Å². The summed E-state index contributed by atoms with van der Waals surface area (Å²) in [5, 5.41) is 10.3. The lowest BCUT2D eigenvalue weighted by atomic mass is 9.82. The van der Waals surface area contributed by atoms with Crippen molar-refractivity contribution < 1.29 is 11.3 Å². The number of ketones is 1. The molecule has 0 amide bonds. The van der Waals surface area contributed by atoms with Gasteiger partial charge < -0.3 is 10.0 Å². The monoisotopic (exact) mass is 286 g/mol. The average molecular weight is 286 g/mol. The molecule has 0 atom stereocenters. The first-order valence-electron chi connectivity index (χ1n) is 7.61. The van der Waals surface area contributed by atoms with E-state index in [-0.39, 0.29) is 29.3 Å². The Kier molecular flexibility index (Phi) is 5.63. The number of carbonyl (C=O) groups is 1. The van der Waals surface area contributed by atoms with Gasteiger partial charge in [0.05, 0.1) is 1.37 Å². The van der Waals surface area contributed by atoms with E-state index in [9.17, 15) is 9.90 Å². The maximum Gasteiger partial charge on any atom is 0.159 e. The number of benzene rings is 1. The van der Waals surface area contributed by atoms with Crippen LogP contribution in [0.3, 0.4) is 0 Å². The highest BCUT2D eigenvalue weighted by Crippen LogP contribution is 2.27. The van der Waals surface area contributed by atoms with Crippen LogP contribution in [0.5, 0.6) is 5.75 Å². The van der Waals surface area contributed by atoms with Crippen molar-refractivity contribution in [2.24, 2.45) is 0 Å². The van der Waals surface area contributed by atoms with Crippen LogP contribution in [-0.4, -0.2) is 44.3 Å². The lowest BCUT2D eigenvalue weighted by molar-refractivity contribution is -0.114. The first kappa shape index (κ1) is 15.8. The van der Waals surface area contributed by atoms with Crippen LogP contribution >= 0.6 is 0 Å². The van der Waals surface area contributed by atoms with Crippen LogP contribution < -0.4 is 5.46 Å². The van der Waals surface area contributed by atoms with Crippen molar-refractivity contribution in [1.29, 1.82) is 0 Å². The Bertz CT molecular complexity index is 595. The lowest BCUT2D eigenvalue weighted by Gasteiger charge is -2.18. The van der Waals surface area contributed by atoms with Crippen LogP contribution in [0.15, 0.2) is 18.2 Å². The Morgan fingerprint density at radius 2 is 2.14 bits per heavy atom. The zero-order chi connectivity index (χ0) is 17.0. The molecule has 0 aliphatic carbocycles. The molecule has 0 saturated heterocycles. The molecule has 0 aromatic heterocycles. The molecule has 0 bridgehead atoms. The molecule has 0 aliphatic rings. The van der Waals surface area contributed by atoms with Gasteiger partial charge in [-0.3, -0.25) is 4.79 Å². The summed E-state index contributed by atoms with van der Waals surface area (Å²) in [5.74, 6) is -0.139. The first-order valence-corrected chi connectivity index (χ1v) is 7.11. The molecule has 0 aliphatic heterocycles. The number of hydrogen-bond acceptors (Lipinski definition) is 3. The smallest absolute Gasteiger partial charge is 0.159 e. The van der Waals surface area contributed by atoms with Crippen LogP contribution in [0.1, 0.15) is 37.8 Å². The second-order valence-corrected chi connectivity index (χ2v) is 5.87. The van der Waals surface area contributed by atoms with Gasteiger partial charge in [-0.05, 0) is 38.6 Å². The first-order chi connectivity index (χ1) is 10.2. The summed E-state index contributed by atoms with van der Waals surface area (Å²) in [6.45, 7) is 6.27. The van der Waals surface area contributed by atoms with Gasteiger partial charge >= 0.3 is 0 Å². The molecule has 0 heterocycles. The van der Waals surface area contributed by atoms with Gasteiger partial charge in [-0.1, -0.05) is 37.0 Å². The summed E-state index contributed by atoms with van der Waals surface area (Å²) >= 11 is 0. The highest BCUT2D eigenvalue weighted by atomic mass is 16.3. The number of nitrogens with zero attached hydrogens (tertiary/aromatic N) is 1. The summed E-state index contributed by atoms with van der Waals surface area (Å²) < 4.78 is 8.22. The topological polar surface area (TPSA) is 40.5 Å². The van der Waals surface area contributed by atoms with Gasteiger partial charge in [0.15, 0.2) is 5.78 Å². The summed E-state index contributed by atoms with van der Waals surface area (Å²) in [4.78, 5) is 14.1. The van der Waals surface area contributed by atoms with E-state index in [1.54, 1.807) is 13.0 Å².